The van der Waals surface area contributed by atoms with E-state index < -0.39 is 28.1 Å². The molecule has 0 bridgehead atoms. The van der Waals surface area contributed by atoms with Crippen molar-refractivity contribution in [2.45, 2.75) is 37.4 Å². The van der Waals surface area contributed by atoms with Gasteiger partial charge in [0.2, 0.25) is 10.0 Å². The van der Waals surface area contributed by atoms with Crippen molar-refractivity contribution in [1.29, 1.82) is 0 Å². The van der Waals surface area contributed by atoms with Gasteiger partial charge in [-0.2, -0.15) is 4.72 Å². The molecule has 1 aliphatic heterocycles. The predicted molar refractivity (Wildman–Crippen MR) is 120 cm³/mol. The van der Waals surface area contributed by atoms with Crippen LogP contribution in [0.2, 0.25) is 0 Å². The Hall–Kier alpha value is -2.75. The van der Waals surface area contributed by atoms with Crippen LogP contribution in [0.4, 0.5) is 0 Å². The van der Waals surface area contributed by atoms with Gasteiger partial charge in [0.25, 0.3) is 5.91 Å². The van der Waals surface area contributed by atoms with Crippen molar-refractivity contribution >= 4 is 21.9 Å². The molecular formula is C23H29N3O5S. The van der Waals surface area contributed by atoms with E-state index in [0.29, 0.717) is 13.1 Å². The molecule has 32 heavy (non-hydrogen) atoms. The smallest absolute Gasteiger partial charge is 0.324 e. The molecule has 1 aliphatic rings. The molecule has 0 saturated carbocycles. The van der Waals surface area contributed by atoms with Gasteiger partial charge in [0, 0.05) is 32.7 Å². The summed E-state index contributed by atoms with van der Waals surface area (Å²) in [6.07, 6.45) is -0.994. The molecule has 9 heteroatoms. The number of amides is 1. The van der Waals surface area contributed by atoms with Crippen molar-refractivity contribution in [1.82, 2.24) is 14.5 Å². The third kappa shape index (κ3) is 6.38. The third-order valence-corrected chi connectivity index (χ3v) is 6.87. The van der Waals surface area contributed by atoms with Gasteiger partial charge in [-0.1, -0.05) is 48.5 Å². The molecule has 1 amide bonds. The van der Waals surface area contributed by atoms with Crippen LogP contribution >= 0.6 is 0 Å². The fourth-order valence-corrected chi connectivity index (χ4v) is 4.71. The minimum atomic E-state index is -3.86. The molecule has 1 unspecified atom stereocenters. The van der Waals surface area contributed by atoms with E-state index in [1.54, 1.807) is 23.1 Å². The third-order valence-electron chi connectivity index (χ3n) is 5.31. The second-order valence-corrected chi connectivity index (χ2v) is 9.54. The van der Waals surface area contributed by atoms with Crippen molar-refractivity contribution in [2.24, 2.45) is 0 Å². The molecule has 1 N–H and O–H groups in total. The van der Waals surface area contributed by atoms with Crippen molar-refractivity contribution in [3.8, 4) is 0 Å². The number of hydrogen-bond donors (Lipinski definition) is 1. The summed E-state index contributed by atoms with van der Waals surface area (Å²) < 4.78 is 32.3. The fourth-order valence-electron chi connectivity index (χ4n) is 3.50. The molecule has 0 spiro atoms. The maximum absolute atomic E-state index is 12.7. The summed E-state index contributed by atoms with van der Waals surface area (Å²) in [6.45, 7) is 6.28. The Balaban J connectivity index is 1.47. The van der Waals surface area contributed by atoms with Gasteiger partial charge in [0.1, 0.15) is 6.04 Å². The zero-order chi connectivity index (χ0) is 23.1. The van der Waals surface area contributed by atoms with Crippen LogP contribution in [0.5, 0.6) is 0 Å². The Labute approximate surface area is 189 Å². The highest BCUT2D eigenvalue weighted by atomic mass is 32.2. The summed E-state index contributed by atoms with van der Waals surface area (Å²) in [5.41, 5.74) is 1.22. The molecule has 8 nitrogen and oxygen atoms in total. The van der Waals surface area contributed by atoms with E-state index in [0.717, 1.165) is 19.6 Å². The maximum atomic E-state index is 12.7. The van der Waals surface area contributed by atoms with Gasteiger partial charge < -0.3 is 9.64 Å². The van der Waals surface area contributed by atoms with Gasteiger partial charge in [-0.3, -0.25) is 14.5 Å². The zero-order valence-electron chi connectivity index (χ0n) is 18.3. The summed E-state index contributed by atoms with van der Waals surface area (Å²) in [5, 5.41) is 0. The first kappa shape index (κ1) is 23.9. The summed E-state index contributed by atoms with van der Waals surface area (Å²) in [7, 11) is -3.86. The van der Waals surface area contributed by atoms with E-state index in [2.05, 4.69) is 21.8 Å². The van der Waals surface area contributed by atoms with E-state index in [4.69, 9.17) is 4.74 Å². The van der Waals surface area contributed by atoms with E-state index in [1.165, 1.54) is 31.5 Å². The van der Waals surface area contributed by atoms with Crippen LogP contribution in [0.1, 0.15) is 19.4 Å². The number of piperazine rings is 1. The summed E-state index contributed by atoms with van der Waals surface area (Å²) in [5.74, 6) is -1.08. The first-order valence-corrected chi connectivity index (χ1v) is 12.1. The van der Waals surface area contributed by atoms with Gasteiger partial charge >= 0.3 is 5.97 Å². The number of sulfonamides is 1. The molecule has 0 aliphatic carbocycles. The minimum Gasteiger partial charge on any atom is -0.451 e. The van der Waals surface area contributed by atoms with Crippen molar-refractivity contribution in [3.63, 3.8) is 0 Å². The maximum Gasteiger partial charge on any atom is 0.324 e. The number of carbonyl (C=O) groups excluding carboxylic acids is 2. The monoisotopic (exact) mass is 459 g/mol. The summed E-state index contributed by atoms with van der Waals surface area (Å²) >= 11 is 0. The highest BCUT2D eigenvalue weighted by molar-refractivity contribution is 7.89. The second-order valence-electron chi connectivity index (χ2n) is 7.82. The molecule has 172 valence electrons. The lowest BCUT2D eigenvalue weighted by molar-refractivity contribution is -0.160. The lowest BCUT2D eigenvalue weighted by atomic mass is 10.2. The quantitative estimate of drug-likeness (QED) is 0.603. The van der Waals surface area contributed by atoms with Crippen LogP contribution in [0.3, 0.4) is 0 Å². The predicted octanol–water partition coefficient (Wildman–Crippen LogP) is 1.63. The van der Waals surface area contributed by atoms with E-state index in [9.17, 15) is 18.0 Å². The molecule has 2 atom stereocenters. The summed E-state index contributed by atoms with van der Waals surface area (Å²) in [4.78, 5) is 29.1. The summed E-state index contributed by atoms with van der Waals surface area (Å²) in [6, 6.07) is 16.8. The van der Waals surface area contributed by atoms with Gasteiger partial charge in [-0.05, 0) is 31.5 Å². The Kier molecular flexibility index (Phi) is 8.00. The molecule has 2 aromatic carbocycles. The first-order chi connectivity index (χ1) is 15.3. The molecule has 3 rings (SSSR count). The van der Waals surface area contributed by atoms with Crippen LogP contribution in [-0.4, -0.2) is 68.4 Å². The SMILES string of the molecule is CC(OC(=O)[C@H](C)NS(=O)(=O)c1ccccc1)C(=O)N1CCN(Cc2ccccc2)CC1. The highest BCUT2D eigenvalue weighted by Crippen LogP contribution is 2.12. The largest absolute Gasteiger partial charge is 0.451 e. The first-order valence-electron chi connectivity index (χ1n) is 10.6. The number of rotatable bonds is 8. The number of esters is 1. The molecule has 0 aromatic heterocycles. The van der Waals surface area contributed by atoms with Gasteiger partial charge in [0.05, 0.1) is 4.90 Å². The van der Waals surface area contributed by atoms with Crippen LogP contribution in [0.15, 0.2) is 65.6 Å². The molecule has 1 saturated heterocycles. The average Bonchev–Trinajstić information content (AvgIpc) is 2.80. The van der Waals surface area contributed by atoms with E-state index in [1.807, 2.05) is 18.2 Å². The molecule has 1 heterocycles. The zero-order valence-corrected chi connectivity index (χ0v) is 19.1. The van der Waals surface area contributed by atoms with E-state index in [-0.39, 0.29) is 10.8 Å². The Bertz CT molecular complexity index is 1010. The van der Waals surface area contributed by atoms with Crippen LogP contribution in [-0.2, 0) is 30.9 Å². The minimum absolute atomic E-state index is 0.0529. The van der Waals surface area contributed by atoms with Crippen molar-refractivity contribution in [3.05, 3.63) is 66.2 Å². The number of benzene rings is 2. The van der Waals surface area contributed by atoms with Gasteiger partial charge in [-0.15, -0.1) is 0 Å². The standard InChI is InChI=1S/C23H29N3O5S/c1-18(24-32(29,30)21-11-7-4-8-12-21)23(28)31-19(2)22(27)26-15-13-25(14-16-26)17-20-9-5-3-6-10-20/h3-12,18-19,24H,13-17H2,1-2H3/t18-,19?/m0/s1. The van der Waals surface area contributed by atoms with Gasteiger partial charge in [-0.25, -0.2) is 8.42 Å². The number of nitrogens with zero attached hydrogens (tertiary/aromatic N) is 2. The van der Waals surface area contributed by atoms with Crippen molar-refractivity contribution < 1.29 is 22.7 Å². The van der Waals surface area contributed by atoms with Crippen molar-refractivity contribution in [2.75, 3.05) is 26.2 Å². The number of hydrogen-bond acceptors (Lipinski definition) is 6. The molecular weight excluding hydrogens is 430 g/mol. The second kappa shape index (κ2) is 10.7. The molecule has 0 radical (unpaired) electrons. The lowest BCUT2D eigenvalue weighted by Crippen LogP contribution is -2.52. The highest BCUT2D eigenvalue weighted by Gasteiger charge is 2.30. The van der Waals surface area contributed by atoms with Crippen LogP contribution < -0.4 is 4.72 Å². The Morgan fingerprint density at radius 1 is 0.938 bits per heavy atom. The Morgan fingerprint density at radius 2 is 1.50 bits per heavy atom. The topological polar surface area (TPSA) is 96.0 Å². The van der Waals surface area contributed by atoms with Gasteiger partial charge in [0.15, 0.2) is 6.10 Å². The van der Waals surface area contributed by atoms with Crippen LogP contribution in [0.25, 0.3) is 0 Å². The Morgan fingerprint density at radius 3 is 2.09 bits per heavy atom. The van der Waals surface area contributed by atoms with Crippen LogP contribution in [0, 0.1) is 0 Å². The number of ether oxygens (including phenoxy) is 1. The lowest BCUT2D eigenvalue weighted by Gasteiger charge is -2.35. The molecule has 1 fully saturated rings. The number of nitrogens with one attached hydrogen (secondary N) is 1. The fraction of sp³-hybridized carbons (Fsp3) is 0.391. The number of carbonyl (C=O) groups is 2. The normalized spacial score (nSPS) is 16.9. The van der Waals surface area contributed by atoms with E-state index >= 15 is 0 Å². The molecule has 2 aromatic rings. The average molecular weight is 460 g/mol.